The molecule has 1 N–H and O–H groups in total. The lowest BCUT2D eigenvalue weighted by molar-refractivity contribution is 0.130. The molecule has 0 aromatic heterocycles. The van der Waals surface area contributed by atoms with Gasteiger partial charge < -0.3 is 5.11 Å². The average Bonchev–Trinajstić information content (AvgIpc) is 2.68. The highest BCUT2D eigenvalue weighted by Gasteiger charge is 2.25. The number of rotatable bonds is 4. The molecule has 2 rings (SSSR count). The summed E-state index contributed by atoms with van der Waals surface area (Å²) in [6, 6.07) is 7.34. The van der Waals surface area contributed by atoms with E-state index in [1.54, 1.807) is 6.07 Å². The summed E-state index contributed by atoms with van der Waals surface area (Å²) in [7, 11) is 0. The van der Waals surface area contributed by atoms with Crippen molar-refractivity contribution in [3.8, 4) is 0 Å². The van der Waals surface area contributed by atoms with Crippen molar-refractivity contribution < 1.29 is 9.50 Å². The summed E-state index contributed by atoms with van der Waals surface area (Å²) in [5, 5.41) is 9.45. The zero-order valence-electron chi connectivity index (χ0n) is 10.3. The first-order valence-corrected chi connectivity index (χ1v) is 6.32. The predicted octanol–water partition coefficient (Wildman–Crippen LogP) is 2.56. The van der Waals surface area contributed by atoms with Crippen LogP contribution in [0.5, 0.6) is 0 Å². The Labute approximate surface area is 102 Å². The molecule has 3 heteroatoms. The van der Waals surface area contributed by atoms with Gasteiger partial charge in [0.25, 0.3) is 0 Å². The maximum atomic E-state index is 13.6. The van der Waals surface area contributed by atoms with Gasteiger partial charge in [0.1, 0.15) is 5.82 Å². The molecule has 2 atom stereocenters. The Hall–Kier alpha value is -0.930. The van der Waals surface area contributed by atoms with Gasteiger partial charge in [-0.25, -0.2) is 4.39 Å². The van der Waals surface area contributed by atoms with Crippen LogP contribution in [0.25, 0.3) is 0 Å². The van der Waals surface area contributed by atoms with Crippen molar-refractivity contribution in [2.24, 2.45) is 0 Å². The highest BCUT2D eigenvalue weighted by molar-refractivity contribution is 5.17. The molecule has 0 amide bonds. The fraction of sp³-hybridized carbons (Fsp3) is 0.571. The molecule has 1 aliphatic heterocycles. The molecule has 94 valence electrons. The minimum absolute atomic E-state index is 0.129. The normalized spacial score (nSPS) is 22.9. The van der Waals surface area contributed by atoms with E-state index < -0.39 is 0 Å². The summed E-state index contributed by atoms with van der Waals surface area (Å²) in [6.07, 6.45) is 2.76. The van der Waals surface area contributed by atoms with Gasteiger partial charge in [-0.05, 0) is 38.8 Å². The van der Waals surface area contributed by atoms with E-state index in [0.717, 1.165) is 31.4 Å². The molecule has 0 bridgehead atoms. The molecule has 0 spiro atoms. The first-order chi connectivity index (χ1) is 8.16. The number of halogens is 1. The smallest absolute Gasteiger partial charge is 0.127 e. The summed E-state index contributed by atoms with van der Waals surface area (Å²) in [5.41, 5.74) is 0.755. The van der Waals surface area contributed by atoms with Gasteiger partial charge in [0.15, 0.2) is 0 Å². The Morgan fingerprint density at radius 1 is 1.47 bits per heavy atom. The van der Waals surface area contributed by atoms with Crippen LogP contribution in [0, 0.1) is 5.82 Å². The average molecular weight is 237 g/mol. The molecule has 1 aromatic carbocycles. The Kier molecular flexibility index (Phi) is 4.13. The molecule has 1 fully saturated rings. The number of aliphatic hydroxyl groups is 1. The largest absolute Gasteiger partial charge is 0.393 e. The van der Waals surface area contributed by atoms with Gasteiger partial charge in [0, 0.05) is 18.2 Å². The van der Waals surface area contributed by atoms with Crippen molar-refractivity contribution in [2.75, 3.05) is 6.54 Å². The first kappa shape index (κ1) is 12.5. The Bertz CT molecular complexity index is 367. The second kappa shape index (κ2) is 5.61. The number of nitrogens with zero attached hydrogens (tertiary/aromatic N) is 1. The third-order valence-corrected chi connectivity index (χ3v) is 3.44. The van der Waals surface area contributed by atoms with Gasteiger partial charge in [-0.1, -0.05) is 18.2 Å². The number of benzene rings is 1. The lowest BCUT2D eigenvalue weighted by atomic mass is 10.1. The van der Waals surface area contributed by atoms with E-state index in [-0.39, 0.29) is 11.9 Å². The molecule has 0 aliphatic carbocycles. The fourth-order valence-corrected chi connectivity index (χ4v) is 2.61. The van der Waals surface area contributed by atoms with Gasteiger partial charge in [-0.2, -0.15) is 0 Å². The quantitative estimate of drug-likeness (QED) is 0.870. The Morgan fingerprint density at radius 2 is 2.24 bits per heavy atom. The van der Waals surface area contributed by atoms with Gasteiger partial charge in [0.2, 0.25) is 0 Å². The highest BCUT2D eigenvalue weighted by Crippen LogP contribution is 2.24. The van der Waals surface area contributed by atoms with Crippen LogP contribution in [0.3, 0.4) is 0 Å². The molecular formula is C14H20FNO. The van der Waals surface area contributed by atoms with E-state index in [1.165, 1.54) is 6.07 Å². The number of aliphatic hydroxyl groups excluding tert-OH is 1. The van der Waals surface area contributed by atoms with Crippen molar-refractivity contribution in [1.82, 2.24) is 4.90 Å². The minimum Gasteiger partial charge on any atom is -0.393 e. The van der Waals surface area contributed by atoms with Crippen LogP contribution >= 0.6 is 0 Å². The second-order valence-electron chi connectivity index (χ2n) is 4.94. The van der Waals surface area contributed by atoms with Crippen molar-refractivity contribution >= 4 is 0 Å². The van der Waals surface area contributed by atoms with Crippen LogP contribution in [0.4, 0.5) is 4.39 Å². The van der Waals surface area contributed by atoms with Crippen LogP contribution in [-0.4, -0.2) is 28.7 Å². The molecule has 1 aromatic rings. The number of likely N-dealkylation sites (tertiary alicyclic amines) is 1. The Morgan fingerprint density at radius 3 is 2.94 bits per heavy atom. The van der Waals surface area contributed by atoms with Crippen molar-refractivity contribution in [2.45, 2.75) is 44.9 Å². The summed E-state index contributed by atoms with van der Waals surface area (Å²) in [6.45, 7) is 3.48. The lowest BCUT2D eigenvalue weighted by Crippen LogP contribution is -2.31. The van der Waals surface area contributed by atoms with Gasteiger partial charge >= 0.3 is 0 Å². The van der Waals surface area contributed by atoms with Gasteiger partial charge in [-0.15, -0.1) is 0 Å². The predicted molar refractivity (Wildman–Crippen MR) is 66.1 cm³/mol. The number of hydrogen-bond acceptors (Lipinski definition) is 2. The van der Waals surface area contributed by atoms with Crippen molar-refractivity contribution in [1.29, 1.82) is 0 Å². The molecule has 1 aliphatic rings. The maximum Gasteiger partial charge on any atom is 0.127 e. The fourth-order valence-electron chi connectivity index (χ4n) is 2.61. The lowest BCUT2D eigenvalue weighted by Gasteiger charge is -2.25. The molecule has 1 saturated heterocycles. The van der Waals surface area contributed by atoms with E-state index in [1.807, 2.05) is 19.1 Å². The van der Waals surface area contributed by atoms with Crippen LogP contribution in [0.1, 0.15) is 31.7 Å². The molecule has 2 nitrogen and oxygen atoms in total. The minimum atomic E-state index is -0.277. The van der Waals surface area contributed by atoms with Gasteiger partial charge in [0.05, 0.1) is 6.10 Å². The van der Waals surface area contributed by atoms with Crippen molar-refractivity contribution in [3.63, 3.8) is 0 Å². The molecule has 0 saturated carbocycles. The van der Waals surface area contributed by atoms with E-state index in [2.05, 4.69) is 4.90 Å². The van der Waals surface area contributed by atoms with Crippen LogP contribution in [0.15, 0.2) is 24.3 Å². The van der Waals surface area contributed by atoms with E-state index in [0.29, 0.717) is 12.6 Å². The summed E-state index contributed by atoms with van der Waals surface area (Å²) in [4.78, 5) is 2.28. The molecule has 0 radical (unpaired) electrons. The third-order valence-electron chi connectivity index (χ3n) is 3.44. The second-order valence-corrected chi connectivity index (χ2v) is 4.94. The van der Waals surface area contributed by atoms with E-state index in [9.17, 15) is 9.50 Å². The molecule has 1 heterocycles. The standard InChI is InChI=1S/C14H20FNO/c1-11(17)9-13-6-4-8-16(13)10-12-5-2-3-7-14(12)15/h2-3,5,7,11,13,17H,4,6,8-10H2,1H3. The maximum absolute atomic E-state index is 13.6. The summed E-state index contributed by atoms with van der Waals surface area (Å²) < 4.78 is 13.6. The van der Waals surface area contributed by atoms with Gasteiger partial charge in [-0.3, -0.25) is 4.90 Å². The highest BCUT2D eigenvalue weighted by atomic mass is 19.1. The first-order valence-electron chi connectivity index (χ1n) is 6.32. The van der Waals surface area contributed by atoms with Crippen LogP contribution in [0.2, 0.25) is 0 Å². The Balaban J connectivity index is 2.00. The zero-order valence-corrected chi connectivity index (χ0v) is 10.3. The summed E-state index contributed by atoms with van der Waals surface area (Å²) >= 11 is 0. The summed E-state index contributed by atoms with van der Waals surface area (Å²) in [5.74, 6) is -0.129. The van der Waals surface area contributed by atoms with Crippen molar-refractivity contribution in [3.05, 3.63) is 35.6 Å². The van der Waals surface area contributed by atoms with Crippen LogP contribution < -0.4 is 0 Å². The molecular weight excluding hydrogens is 217 g/mol. The van der Waals surface area contributed by atoms with E-state index >= 15 is 0 Å². The third kappa shape index (κ3) is 3.27. The SMILES string of the molecule is CC(O)CC1CCCN1Cc1ccccc1F. The molecule has 17 heavy (non-hydrogen) atoms. The van der Waals surface area contributed by atoms with E-state index in [4.69, 9.17) is 0 Å². The topological polar surface area (TPSA) is 23.5 Å². The van der Waals surface area contributed by atoms with Crippen LogP contribution in [-0.2, 0) is 6.54 Å². The zero-order chi connectivity index (χ0) is 12.3. The number of hydrogen-bond donors (Lipinski definition) is 1. The molecule has 2 unspecified atom stereocenters. The monoisotopic (exact) mass is 237 g/mol.